The van der Waals surface area contributed by atoms with E-state index >= 15 is 0 Å². The number of benzene rings is 2. The average molecular weight is 370 g/mol. The van der Waals surface area contributed by atoms with E-state index in [0.717, 1.165) is 5.56 Å². The molecular formula is C21H26N2O4. The molecule has 0 aliphatic heterocycles. The molecule has 6 nitrogen and oxygen atoms in total. The van der Waals surface area contributed by atoms with Gasteiger partial charge in [0.1, 0.15) is 5.75 Å². The van der Waals surface area contributed by atoms with Gasteiger partial charge in [0, 0.05) is 13.1 Å². The Morgan fingerprint density at radius 3 is 2.41 bits per heavy atom. The molecule has 0 spiro atoms. The first kappa shape index (κ1) is 20.3. The van der Waals surface area contributed by atoms with Crippen LogP contribution in [0.2, 0.25) is 0 Å². The minimum absolute atomic E-state index is 0.155. The number of anilines is 1. The van der Waals surface area contributed by atoms with E-state index in [1.54, 1.807) is 31.1 Å². The summed E-state index contributed by atoms with van der Waals surface area (Å²) in [6.45, 7) is 2.87. The van der Waals surface area contributed by atoms with Gasteiger partial charge >= 0.3 is 12.0 Å². The van der Waals surface area contributed by atoms with Crippen LogP contribution in [0.1, 0.15) is 18.9 Å². The second-order valence-corrected chi connectivity index (χ2v) is 5.91. The minimum Gasteiger partial charge on any atom is -0.495 e. The molecule has 0 aromatic heterocycles. The molecule has 2 amide bonds. The van der Waals surface area contributed by atoms with Crippen LogP contribution >= 0.6 is 0 Å². The molecule has 2 aromatic rings. The van der Waals surface area contributed by atoms with Crippen LogP contribution in [0.3, 0.4) is 0 Å². The molecule has 144 valence electrons. The van der Waals surface area contributed by atoms with Gasteiger partial charge in [-0.2, -0.15) is 0 Å². The lowest BCUT2D eigenvalue weighted by atomic mass is 10.1. The van der Waals surface area contributed by atoms with Gasteiger partial charge in [-0.15, -0.1) is 0 Å². The van der Waals surface area contributed by atoms with Crippen molar-refractivity contribution < 1.29 is 19.1 Å². The second-order valence-electron chi connectivity index (χ2n) is 5.91. The summed E-state index contributed by atoms with van der Waals surface area (Å²) in [5.41, 5.74) is 1.72. The predicted octanol–water partition coefficient (Wildman–Crippen LogP) is 3.73. The molecule has 0 radical (unpaired) electrons. The van der Waals surface area contributed by atoms with Gasteiger partial charge in [0.05, 0.1) is 25.8 Å². The highest BCUT2D eigenvalue weighted by atomic mass is 16.5. The lowest BCUT2D eigenvalue weighted by Crippen LogP contribution is -2.38. The van der Waals surface area contributed by atoms with E-state index in [2.05, 4.69) is 5.32 Å². The highest BCUT2D eigenvalue weighted by Crippen LogP contribution is 2.23. The number of nitrogens with one attached hydrogen (secondary N) is 1. The van der Waals surface area contributed by atoms with Crippen molar-refractivity contribution in [3.8, 4) is 5.75 Å². The molecular weight excluding hydrogens is 344 g/mol. The number of hydrogen-bond acceptors (Lipinski definition) is 4. The highest BCUT2D eigenvalue weighted by Gasteiger charge is 2.17. The van der Waals surface area contributed by atoms with E-state index in [9.17, 15) is 9.59 Å². The fraction of sp³-hybridized carbons (Fsp3) is 0.333. The third kappa shape index (κ3) is 6.66. The monoisotopic (exact) mass is 370 g/mol. The lowest BCUT2D eigenvalue weighted by Gasteiger charge is -2.23. The SMILES string of the molecule is CCOC(=O)CCN(CCc1ccccc1)C(=O)Nc1ccccc1OC. The Kier molecular flexibility index (Phi) is 8.16. The van der Waals surface area contributed by atoms with E-state index in [-0.39, 0.29) is 25.0 Å². The zero-order chi connectivity index (χ0) is 19.5. The summed E-state index contributed by atoms with van der Waals surface area (Å²) < 4.78 is 10.3. The first-order valence-electron chi connectivity index (χ1n) is 9.02. The summed E-state index contributed by atoms with van der Waals surface area (Å²) in [4.78, 5) is 26.1. The number of carbonyl (C=O) groups excluding carboxylic acids is 2. The molecule has 0 bridgehead atoms. The number of ether oxygens (including phenoxy) is 2. The highest BCUT2D eigenvalue weighted by molar-refractivity contribution is 5.91. The van der Waals surface area contributed by atoms with E-state index in [1.807, 2.05) is 42.5 Å². The van der Waals surface area contributed by atoms with Crippen molar-refractivity contribution >= 4 is 17.7 Å². The molecule has 2 rings (SSSR count). The lowest BCUT2D eigenvalue weighted by molar-refractivity contribution is -0.143. The molecule has 6 heteroatoms. The summed E-state index contributed by atoms with van der Waals surface area (Å²) in [5.74, 6) is 0.270. The van der Waals surface area contributed by atoms with Crippen molar-refractivity contribution in [3.63, 3.8) is 0 Å². The first-order chi connectivity index (χ1) is 13.1. The molecule has 0 saturated carbocycles. The van der Waals surface area contributed by atoms with Gasteiger partial charge in [-0.25, -0.2) is 4.79 Å². The summed E-state index contributed by atoms with van der Waals surface area (Å²) in [6.07, 6.45) is 0.852. The Morgan fingerprint density at radius 2 is 1.70 bits per heavy atom. The van der Waals surface area contributed by atoms with E-state index < -0.39 is 0 Å². The molecule has 0 saturated heterocycles. The van der Waals surface area contributed by atoms with E-state index in [0.29, 0.717) is 31.0 Å². The molecule has 1 N–H and O–H groups in total. The normalized spacial score (nSPS) is 10.1. The van der Waals surface area contributed by atoms with Crippen LogP contribution in [-0.4, -0.2) is 43.7 Å². The van der Waals surface area contributed by atoms with Crippen molar-refractivity contribution in [1.29, 1.82) is 0 Å². The van der Waals surface area contributed by atoms with Crippen LogP contribution in [-0.2, 0) is 16.0 Å². The van der Waals surface area contributed by atoms with Crippen LogP contribution in [0.4, 0.5) is 10.5 Å². The molecule has 0 heterocycles. The van der Waals surface area contributed by atoms with Gasteiger partial charge in [0.25, 0.3) is 0 Å². The maximum atomic E-state index is 12.8. The van der Waals surface area contributed by atoms with Gasteiger partial charge in [0.15, 0.2) is 0 Å². The van der Waals surface area contributed by atoms with Crippen molar-refractivity contribution in [2.75, 3.05) is 32.1 Å². The van der Waals surface area contributed by atoms with Crippen molar-refractivity contribution in [1.82, 2.24) is 4.90 Å². The Morgan fingerprint density at radius 1 is 1.00 bits per heavy atom. The molecule has 0 fully saturated rings. The summed E-state index contributed by atoms with van der Waals surface area (Å²) in [7, 11) is 1.55. The largest absolute Gasteiger partial charge is 0.495 e. The molecule has 0 aliphatic carbocycles. The Balaban J connectivity index is 2.04. The van der Waals surface area contributed by atoms with Gasteiger partial charge in [0.2, 0.25) is 0 Å². The maximum absolute atomic E-state index is 12.8. The number of nitrogens with zero attached hydrogens (tertiary/aromatic N) is 1. The molecule has 0 aliphatic rings. The van der Waals surface area contributed by atoms with Gasteiger partial charge in [-0.3, -0.25) is 4.79 Å². The summed E-state index contributed by atoms with van der Waals surface area (Å²) >= 11 is 0. The standard InChI is InChI=1S/C21H26N2O4/c1-3-27-20(24)14-16-23(15-13-17-9-5-4-6-10-17)21(25)22-18-11-7-8-12-19(18)26-2/h4-12H,3,13-16H2,1-2H3,(H,22,25). The average Bonchev–Trinajstić information content (AvgIpc) is 2.69. The fourth-order valence-corrected chi connectivity index (χ4v) is 2.63. The van der Waals surface area contributed by atoms with Crippen LogP contribution in [0.5, 0.6) is 5.75 Å². The number of carbonyl (C=O) groups is 2. The third-order valence-electron chi connectivity index (χ3n) is 4.04. The fourth-order valence-electron chi connectivity index (χ4n) is 2.63. The zero-order valence-corrected chi connectivity index (χ0v) is 15.8. The van der Waals surface area contributed by atoms with E-state index in [4.69, 9.17) is 9.47 Å². The number of hydrogen-bond donors (Lipinski definition) is 1. The zero-order valence-electron chi connectivity index (χ0n) is 15.8. The second kappa shape index (κ2) is 10.9. The van der Waals surface area contributed by atoms with Crippen molar-refractivity contribution in [2.45, 2.75) is 19.8 Å². The quantitative estimate of drug-likeness (QED) is 0.683. The molecule has 2 aromatic carbocycles. The Labute approximate surface area is 160 Å². The third-order valence-corrected chi connectivity index (χ3v) is 4.04. The van der Waals surface area contributed by atoms with Crippen LogP contribution in [0.15, 0.2) is 54.6 Å². The Bertz CT molecular complexity index is 734. The van der Waals surface area contributed by atoms with Gasteiger partial charge in [-0.1, -0.05) is 42.5 Å². The number of methoxy groups -OCH3 is 1. The van der Waals surface area contributed by atoms with Crippen LogP contribution < -0.4 is 10.1 Å². The van der Waals surface area contributed by atoms with Crippen molar-refractivity contribution in [3.05, 3.63) is 60.2 Å². The number of urea groups is 1. The molecule has 0 unspecified atom stereocenters. The minimum atomic E-state index is -0.313. The smallest absolute Gasteiger partial charge is 0.321 e. The summed E-state index contributed by atoms with van der Waals surface area (Å²) in [5, 5.41) is 2.86. The molecule has 0 atom stereocenters. The predicted molar refractivity (Wildman–Crippen MR) is 105 cm³/mol. The van der Waals surface area contributed by atoms with E-state index in [1.165, 1.54) is 0 Å². The number of amides is 2. The maximum Gasteiger partial charge on any atom is 0.321 e. The van der Waals surface area contributed by atoms with Gasteiger partial charge < -0.3 is 19.7 Å². The van der Waals surface area contributed by atoms with Crippen LogP contribution in [0, 0.1) is 0 Å². The topological polar surface area (TPSA) is 67.9 Å². The summed E-state index contributed by atoms with van der Waals surface area (Å²) in [6, 6.07) is 16.9. The number of esters is 1. The van der Waals surface area contributed by atoms with Gasteiger partial charge in [-0.05, 0) is 31.0 Å². The number of para-hydroxylation sites is 2. The van der Waals surface area contributed by atoms with Crippen LogP contribution in [0.25, 0.3) is 0 Å². The Hall–Kier alpha value is -3.02. The first-order valence-corrected chi connectivity index (χ1v) is 9.02. The number of rotatable bonds is 9. The molecule has 27 heavy (non-hydrogen) atoms. The van der Waals surface area contributed by atoms with Crippen molar-refractivity contribution in [2.24, 2.45) is 0 Å².